The first kappa shape index (κ1) is 19.9. The summed E-state index contributed by atoms with van der Waals surface area (Å²) in [4.78, 5) is 35.5. The zero-order valence-electron chi connectivity index (χ0n) is 16.2. The fraction of sp³-hybridized carbons (Fsp3) is 0.476. The Morgan fingerprint density at radius 1 is 1.29 bits per heavy atom. The highest BCUT2D eigenvalue weighted by Gasteiger charge is 2.22. The van der Waals surface area contributed by atoms with Crippen LogP contribution in [0.3, 0.4) is 0 Å². The lowest BCUT2D eigenvalue weighted by atomic mass is 10.0. The van der Waals surface area contributed by atoms with E-state index >= 15 is 0 Å². The maximum Gasteiger partial charge on any atom is 0.339 e. The van der Waals surface area contributed by atoms with Crippen molar-refractivity contribution in [3.8, 4) is 5.75 Å². The minimum Gasteiger partial charge on any atom is -0.483 e. The third-order valence-corrected chi connectivity index (χ3v) is 5.18. The van der Waals surface area contributed by atoms with Crippen LogP contribution in [0.1, 0.15) is 49.3 Å². The van der Waals surface area contributed by atoms with Gasteiger partial charge in [-0.05, 0) is 50.3 Å². The molecule has 2 N–H and O–H groups in total. The van der Waals surface area contributed by atoms with Gasteiger partial charge in [0.25, 0.3) is 5.91 Å². The summed E-state index contributed by atoms with van der Waals surface area (Å²) in [5.41, 5.74) is 2.62. The number of benzene rings is 1. The first-order chi connectivity index (χ1) is 13.4. The van der Waals surface area contributed by atoms with Gasteiger partial charge in [-0.3, -0.25) is 4.79 Å². The molecule has 1 amide bonds. The van der Waals surface area contributed by atoms with Crippen molar-refractivity contribution in [1.82, 2.24) is 5.32 Å². The van der Waals surface area contributed by atoms with E-state index in [0.717, 1.165) is 42.2 Å². The minimum atomic E-state index is -1.06. The number of carboxylic acids is 1. The molecule has 7 nitrogen and oxygen atoms in total. The second-order valence-corrected chi connectivity index (χ2v) is 7.15. The molecule has 0 bridgehead atoms. The molecule has 1 aromatic heterocycles. The predicted molar refractivity (Wildman–Crippen MR) is 104 cm³/mol. The number of carboxylic acid groups (broad SMARTS) is 1. The Kier molecular flexibility index (Phi) is 6.02. The summed E-state index contributed by atoms with van der Waals surface area (Å²) in [6.07, 6.45) is 4.48. The summed E-state index contributed by atoms with van der Waals surface area (Å²) in [6, 6.07) is 2.69. The zero-order valence-corrected chi connectivity index (χ0v) is 16.2. The average molecular weight is 387 g/mol. The van der Waals surface area contributed by atoms with Crippen LogP contribution < -0.4 is 15.7 Å². The van der Waals surface area contributed by atoms with Crippen LogP contribution in [0.15, 0.2) is 21.3 Å². The van der Waals surface area contributed by atoms with Crippen LogP contribution in [0.25, 0.3) is 11.0 Å². The van der Waals surface area contributed by atoms with Gasteiger partial charge in [0, 0.05) is 16.5 Å². The van der Waals surface area contributed by atoms with E-state index in [9.17, 15) is 19.5 Å². The highest BCUT2D eigenvalue weighted by atomic mass is 16.5. The number of aryl methyl sites for hydroxylation is 2. The number of aliphatic carboxylic acids is 1. The number of unbranched alkanes of at least 4 members (excludes halogenated alkanes) is 1. The zero-order chi connectivity index (χ0) is 20.3. The lowest BCUT2D eigenvalue weighted by Gasteiger charge is -2.15. The van der Waals surface area contributed by atoms with E-state index in [0.29, 0.717) is 29.7 Å². The van der Waals surface area contributed by atoms with Crippen molar-refractivity contribution in [3.05, 3.63) is 39.2 Å². The molecule has 150 valence electrons. The van der Waals surface area contributed by atoms with E-state index < -0.39 is 17.9 Å². The fourth-order valence-corrected chi connectivity index (χ4v) is 3.66. The van der Waals surface area contributed by atoms with Crippen molar-refractivity contribution in [2.45, 2.75) is 58.4 Å². The summed E-state index contributed by atoms with van der Waals surface area (Å²) in [7, 11) is 0. The van der Waals surface area contributed by atoms with E-state index in [1.54, 1.807) is 13.0 Å². The van der Waals surface area contributed by atoms with Crippen LogP contribution in [0.5, 0.6) is 5.75 Å². The van der Waals surface area contributed by atoms with E-state index in [2.05, 4.69) is 5.32 Å². The fourth-order valence-electron chi connectivity index (χ4n) is 3.66. The molecule has 2 aromatic rings. The summed E-state index contributed by atoms with van der Waals surface area (Å²) >= 11 is 0. The molecule has 0 saturated carbocycles. The summed E-state index contributed by atoms with van der Waals surface area (Å²) in [6.45, 7) is 3.43. The maximum atomic E-state index is 12.2. The molecule has 0 unspecified atom stereocenters. The van der Waals surface area contributed by atoms with E-state index in [4.69, 9.17) is 9.15 Å². The van der Waals surface area contributed by atoms with Crippen LogP contribution in [0.2, 0.25) is 0 Å². The molecule has 1 atom stereocenters. The number of nitrogens with one attached hydrogen (secondary N) is 1. The Hall–Kier alpha value is -2.83. The number of carbonyl (C=O) groups is 2. The van der Waals surface area contributed by atoms with Crippen LogP contribution in [0, 0.1) is 6.92 Å². The molecular weight excluding hydrogens is 362 g/mol. The summed E-state index contributed by atoms with van der Waals surface area (Å²) < 4.78 is 11.1. The first-order valence-electron chi connectivity index (χ1n) is 9.65. The molecule has 0 saturated heterocycles. The van der Waals surface area contributed by atoms with Gasteiger partial charge >= 0.3 is 11.6 Å². The Bertz CT molecular complexity index is 962. The number of carbonyl (C=O) groups excluding carboxylic acids is 1. The maximum absolute atomic E-state index is 12.2. The minimum absolute atomic E-state index is 0.307. The molecule has 1 aliphatic carbocycles. The normalized spacial score (nSPS) is 13.9. The lowest BCUT2D eigenvalue weighted by molar-refractivity contribution is -0.142. The van der Waals surface area contributed by atoms with Crippen molar-refractivity contribution < 1.29 is 23.8 Å². The topological polar surface area (TPSA) is 106 Å². The number of ether oxygens (including phenoxy) is 1. The number of amides is 1. The molecule has 0 aliphatic heterocycles. The average Bonchev–Trinajstić information content (AvgIpc) is 3.16. The monoisotopic (exact) mass is 387 g/mol. The highest BCUT2D eigenvalue weighted by molar-refractivity contribution is 5.87. The van der Waals surface area contributed by atoms with Gasteiger partial charge in [0.05, 0.1) is 0 Å². The Labute approximate surface area is 162 Å². The largest absolute Gasteiger partial charge is 0.483 e. The molecule has 28 heavy (non-hydrogen) atoms. The molecule has 0 radical (unpaired) electrons. The summed E-state index contributed by atoms with van der Waals surface area (Å²) in [5, 5.41) is 12.6. The number of hydrogen-bond acceptors (Lipinski definition) is 5. The Morgan fingerprint density at radius 2 is 2.04 bits per heavy atom. The van der Waals surface area contributed by atoms with E-state index in [-0.39, 0.29) is 12.2 Å². The van der Waals surface area contributed by atoms with Crippen molar-refractivity contribution in [3.63, 3.8) is 0 Å². The van der Waals surface area contributed by atoms with Gasteiger partial charge in [0.2, 0.25) is 0 Å². The third kappa shape index (κ3) is 4.03. The molecule has 1 heterocycles. The van der Waals surface area contributed by atoms with Crippen molar-refractivity contribution in [2.75, 3.05) is 6.61 Å². The first-order valence-corrected chi connectivity index (χ1v) is 9.65. The molecule has 1 aromatic carbocycles. The van der Waals surface area contributed by atoms with Crippen molar-refractivity contribution in [2.24, 2.45) is 0 Å². The number of fused-ring (bicyclic) bond motifs is 3. The lowest BCUT2D eigenvalue weighted by Crippen LogP contribution is -2.42. The molecule has 3 rings (SSSR count). The molecular formula is C21H25NO6. The van der Waals surface area contributed by atoms with Gasteiger partial charge in [0.15, 0.2) is 6.61 Å². The van der Waals surface area contributed by atoms with Gasteiger partial charge in [-0.2, -0.15) is 0 Å². The molecule has 0 fully saturated rings. The quantitative estimate of drug-likeness (QED) is 0.675. The van der Waals surface area contributed by atoms with Crippen molar-refractivity contribution >= 4 is 22.8 Å². The third-order valence-electron chi connectivity index (χ3n) is 5.18. The van der Waals surface area contributed by atoms with Gasteiger partial charge in [-0.1, -0.05) is 19.8 Å². The summed E-state index contributed by atoms with van der Waals surface area (Å²) in [5.74, 6) is -1.12. The number of hydrogen-bond donors (Lipinski definition) is 2. The van der Waals surface area contributed by atoms with Crippen LogP contribution in [0.4, 0.5) is 0 Å². The predicted octanol–water partition coefficient (Wildman–Crippen LogP) is 2.73. The van der Waals surface area contributed by atoms with Crippen LogP contribution in [-0.4, -0.2) is 29.6 Å². The standard InChI is InChI=1S/C21H25NO6/c1-3-4-8-16(20(24)25)22-18(23)11-27-17-10-9-14-13-6-5-7-15(13)21(26)28-19(14)12(17)2/h9-10,16H,3-8,11H2,1-2H3,(H,22,23)(H,24,25)/t16-/m0/s1. The van der Waals surface area contributed by atoms with Crippen molar-refractivity contribution in [1.29, 1.82) is 0 Å². The smallest absolute Gasteiger partial charge is 0.339 e. The Balaban J connectivity index is 1.73. The Morgan fingerprint density at radius 3 is 2.75 bits per heavy atom. The van der Waals surface area contributed by atoms with Gasteiger partial charge in [-0.25, -0.2) is 9.59 Å². The van der Waals surface area contributed by atoms with Gasteiger partial charge in [-0.15, -0.1) is 0 Å². The SMILES string of the molecule is CCCC[C@H](NC(=O)COc1ccc2c3c(c(=O)oc2c1C)CCC3)C(=O)O. The second-order valence-electron chi connectivity index (χ2n) is 7.15. The van der Waals surface area contributed by atoms with Gasteiger partial charge < -0.3 is 19.6 Å². The van der Waals surface area contributed by atoms with E-state index in [1.165, 1.54) is 0 Å². The van der Waals surface area contributed by atoms with Gasteiger partial charge in [0.1, 0.15) is 17.4 Å². The highest BCUT2D eigenvalue weighted by Crippen LogP contribution is 2.32. The van der Waals surface area contributed by atoms with Crippen LogP contribution >= 0.6 is 0 Å². The second kappa shape index (κ2) is 8.46. The van der Waals surface area contributed by atoms with E-state index in [1.807, 2.05) is 13.0 Å². The number of rotatable bonds is 8. The molecule has 1 aliphatic rings. The molecule has 0 spiro atoms. The molecule has 7 heteroatoms. The van der Waals surface area contributed by atoms with Crippen LogP contribution in [-0.2, 0) is 22.4 Å².